The summed E-state index contributed by atoms with van der Waals surface area (Å²) < 4.78 is 45.7. The van der Waals surface area contributed by atoms with Gasteiger partial charge in [0.25, 0.3) is 0 Å². The largest absolute Gasteiger partial charge is 0.493 e. The minimum atomic E-state index is -4.19. The maximum Gasteiger partial charge on any atom is 0.401 e. The van der Waals surface area contributed by atoms with Gasteiger partial charge in [-0.2, -0.15) is 13.2 Å². The number of benzene rings is 1. The van der Waals surface area contributed by atoms with Gasteiger partial charge in [-0.15, -0.1) is 0 Å². The maximum atomic E-state index is 11.8. The summed E-state index contributed by atoms with van der Waals surface area (Å²) in [6.45, 7) is -0.740. The minimum absolute atomic E-state index is 0.123. The average molecular weight is 249 g/mol. The van der Waals surface area contributed by atoms with Crippen LogP contribution in [-0.2, 0) is 0 Å². The van der Waals surface area contributed by atoms with E-state index in [1.165, 1.54) is 7.11 Å². The fourth-order valence-corrected chi connectivity index (χ4v) is 1.20. The van der Waals surface area contributed by atoms with Crippen molar-refractivity contribution >= 4 is 0 Å². The zero-order valence-electron chi connectivity index (χ0n) is 9.38. The van der Waals surface area contributed by atoms with Crippen molar-refractivity contribution < 1.29 is 22.6 Å². The third-order valence-electron chi connectivity index (χ3n) is 1.93. The number of hydrogen-bond donors (Lipinski definition) is 1. The van der Waals surface area contributed by atoms with Crippen molar-refractivity contribution in [2.45, 2.75) is 6.18 Å². The molecule has 0 unspecified atom stereocenters. The highest BCUT2D eigenvalue weighted by Gasteiger charge is 2.25. The summed E-state index contributed by atoms with van der Waals surface area (Å²) in [5, 5.41) is 2.24. The van der Waals surface area contributed by atoms with E-state index in [4.69, 9.17) is 9.47 Å². The Hall–Kier alpha value is -1.43. The number of nitrogens with one attached hydrogen (secondary N) is 1. The lowest BCUT2D eigenvalue weighted by molar-refractivity contribution is -0.124. The van der Waals surface area contributed by atoms with E-state index < -0.39 is 12.7 Å². The molecule has 1 aromatic rings. The van der Waals surface area contributed by atoms with E-state index in [0.717, 1.165) is 0 Å². The Labute approximate surface area is 97.5 Å². The lowest BCUT2D eigenvalue weighted by atomic mass is 10.3. The van der Waals surface area contributed by atoms with Crippen LogP contribution in [0.25, 0.3) is 0 Å². The van der Waals surface area contributed by atoms with Crippen LogP contribution in [0.4, 0.5) is 13.2 Å². The highest BCUT2D eigenvalue weighted by atomic mass is 19.4. The van der Waals surface area contributed by atoms with Gasteiger partial charge in [0.05, 0.1) is 13.7 Å². The summed E-state index contributed by atoms with van der Waals surface area (Å²) in [5.41, 5.74) is 0. The predicted octanol–water partition coefficient (Wildman–Crippen LogP) is 2.23. The van der Waals surface area contributed by atoms with E-state index in [0.29, 0.717) is 11.5 Å². The second-order valence-corrected chi connectivity index (χ2v) is 3.29. The molecule has 3 nitrogen and oxygen atoms in total. The molecule has 0 aliphatic heterocycles. The first-order valence-corrected chi connectivity index (χ1v) is 5.06. The van der Waals surface area contributed by atoms with Crippen molar-refractivity contribution in [3.63, 3.8) is 0 Å². The van der Waals surface area contributed by atoms with E-state index in [1.54, 1.807) is 24.3 Å². The Bertz CT molecular complexity index is 342. The van der Waals surface area contributed by atoms with Gasteiger partial charge in [0.15, 0.2) is 11.5 Å². The number of para-hydroxylation sites is 2. The lowest BCUT2D eigenvalue weighted by Crippen LogP contribution is -2.31. The fourth-order valence-electron chi connectivity index (χ4n) is 1.20. The first-order valence-electron chi connectivity index (χ1n) is 5.06. The molecule has 0 bridgehead atoms. The van der Waals surface area contributed by atoms with Gasteiger partial charge in [0.1, 0.15) is 6.61 Å². The standard InChI is InChI=1S/C11H14F3NO2/c1-16-9-4-2-3-5-10(9)17-7-6-15-8-11(12,13)14/h2-5,15H,6-8H2,1H3. The first kappa shape index (κ1) is 13.6. The number of halogens is 3. The van der Waals surface area contributed by atoms with Crippen LogP contribution in [0.15, 0.2) is 24.3 Å². The van der Waals surface area contributed by atoms with Crippen LogP contribution >= 0.6 is 0 Å². The van der Waals surface area contributed by atoms with Gasteiger partial charge < -0.3 is 14.8 Å². The molecule has 1 aromatic carbocycles. The molecule has 0 amide bonds. The number of ether oxygens (including phenoxy) is 2. The summed E-state index contributed by atoms with van der Waals surface area (Å²) in [7, 11) is 1.50. The van der Waals surface area contributed by atoms with Gasteiger partial charge in [-0.05, 0) is 12.1 Å². The SMILES string of the molecule is COc1ccccc1OCCNCC(F)(F)F. The van der Waals surface area contributed by atoms with Crippen LogP contribution in [0.5, 0.6) is 11.5 Å². The van der Waals surface area contributed by atoms with Gasteiger partial charge in [-0.25, -0.2) is 0 Å². The number of hydrogen-bond acceptors (Lipinski definition) is 3. The van der Waals surface area contributed by atoms with Crippen molar-refractivity contribution in [2.24, 2.45) is 0 Å². The van der Waals surface area contributed by atoms with Crippen LogP contribution in [0.2, 0.25) is 0 Å². The van der Waals surface area contributed by atoms with Gasteiger partial charge in [-0.3, -0.25) is 0 Å². The van der Waals surface area contributed by atoms with Crippen LogP contribution in [0, 0.1) is 0 Å². The molecule has 0 fully saturated rings. The number of alkyl halides is 3. The molecule has 6 heteroatoms. The van der Waals surface area contributed by atoms with E-state index in [9.17, 15) is 13.2 Å². The maximum absolute atomic E-state index is 11.8. The second kappa shape index (κ2) is 6.34. The van der Waals surface area contributed by atoms with Crippen LogP contribution in [-0.4, -0.2) is 33.0 Å². The molecular weight excluding hydrogens is 235 g/mol. The van der Waals surface area contributed by atoms with Crippen LogP contribution in [0.1, 0.15) is 0 Å². The minimum Gasteiger partial charge on any atom is -0.493 e. The molecule has 0 heterocycles. The highest BCUT2D eigenvalue weighted by molar-refractivity contribution is 5.39. The molecule has 0 aliphatic carbocycles. The summed E-state index contributed by atoms with van der Waals surface area (Å²) in [6, 6.07) is 6.97. The first-order chi connectivity index (χ1) is 8.03. The topological polar surface area (TPSA) is 30.5 Å². The summed E-state index contributed by atoms with van der Waals surface area (Å²) in [5.74, 6) is 1.08. The average Bonchev–Trinajstić information content (AvgIpc) is 2.27. The molecule has 96 valence electrons. The van der Waals surface area contributed by atoms with Crippen molar-refractivity contribution in [3.05, 3.63) is 24.3 Å². The van der Waals surface area contributed by atoms with Crippen LogP contribution < -0.4 is 14.8 Å². The van der Waals surface area contributed by atoms with Crippen LogP contribution in [0.3, 0.4) is 0 Å². The van der Waals surface area contributed by atoms with Gasteiger partial charge in [0.2, 0.25) is 0 Å². The smallest absolute Gasteiger partial charge is 0.401 e. The van der Waals surface area contributed by atoms with E-state index in [-0.39, 0.29) is 13.2 Å². The van der Waals surface area contributed by atoms with Gasteiger partial charge in [0, 0.05) is 6.54 Å². The second-order valence-electron chi connectivity index (χ2n) is 3.29. The molecule has 0 spiro atoms. The summed E-state index contributed by atoms with van der Waals surface area (Å²) >= 11 is 0. The molecule has 1 rings (SSSR count). The monoisotopic (exact) mass is 249 g/mol. The Kier molecular flexibility index (Phi) is 5.09. The molecule has 0 aromatic heterocycles. The third kappa shape index (κ3) is 5.44. The van der Waals surface area contributed by atoms with Crippen molar-refractivity contribution in [2.75, 3.05) is 26.8 Å². The van der Waals surface area contributed by atoms with Crippen molar-refractivity contribution in [1.29, 1.82) is 0 Å². The molecule has 0 saturated carbocycles. The molecule has 0 aliphatic rings. The highest BCUT2D eigenvalue weighted by Crippen LogP contribution is 2.25. The number of rotatable bonds is 6. The van der Waals surface area contributed by atoms with Gasteiger partial charge in [-0.1, -0.05) is 12.1 Å². The summed E-state index contributed by atoms with van der Waals surface area (Å²) in [4.78, 5) is 0. The quantitative estimate of drug-likeness (QED) is 0.784. The van der Waals surface area contributed by atoms with Gasteiger partial charge >= 0.3 is 6.18 Å². The normalized spacial score (nSPS) is 11.3. The van der Waals surface area contributed by atoms with Crippen molar-refractivity contribution in [3.8, 4) is 11.5 Å². The Morgan fingerprint density at radius 3 is 2.41 bits per heavy atom. The zero-order chi connectivity index (χ0) is 12.7. The van der Waals surface area contributed by atoms with E-state index in [1.807, 2.05) is 0 Å². The third-order valence-corrected chi connectivity index (χ3v) is 1.93. The fraction of sp³-hybridized carbons (Fsp3) is 0.455. The van der Waals surface area contributed by atoms with Crippen molar-refractivity contribution in [1.82, 2.24) is 5.32 Å². The molecule has 0 saturated heterocycles. The molecular formula is C11H14F3NO2. The zero-order valence-corrected chi connectivity index (χ0v) is 9.38. The molecule has 17 heavy (non-hydrogen) atoms. The Morgan fingerprint density at radius 1 is 1.18 bits per heavy atom. The predicted molar refractivity (Wildman–Crippen MR) is 57.4 cm³/mol. The Morgan fingerprint density at radius 2 is 1.82 bits per heavy atom. The van der Waals surface area contributed by atoms with E-state index in [2.05, 4.69) is 5.32 Å². The molecule has 0 atom stereocenters. The Balaban J connectivity index is 2.27. The van der Waals surface area contributed by atoms with E-state index >= 15 is 0 Å². The molecule has 1 N–H and O–H groups in total. The lowest BCUT2D eigenvalue weighted by Gasteiger charge is -2.11. The summed E-state index contributed by atoms with van der Waals surface area (Å²) in [6.07, 6.45) is -4.19. The molecule has 0 radical (unpaired) electrons. The number of methoxy groups -OCH3 is 1.